The van der Waals surface area contributed by atoms with Gasteiger partial charge in [-0.2, -0.15) is 0 Å². The van der Waals surface area contributed by atoms with Gasteiger partial charge in [-0.25, -0.2) is 24.2 Å². The Morgan fingerprint density at radius 2 is 1.13 bits per heavy atom. The van der Waals surface area contributed by atoms with Crippen molar-refractivity contribution in [2.45, 2.75) is 53.9 Å². The van der Waals surface area contributed by atoms with Crippen LogP contribution in [0.4, 0.5) is 9.93 Å². The standard InChI is InChI=1S/C71H58N8O7S4/c1-68(2,3)85-67(83)74-66-73-57(45-89-66)58(77-86-70(53-38-22-9-23-39-53,54-40-24-10-25-41-54)55-42-26-11-27-43-55)62(80)75-71(90-47-87)64(82)79-59(63(81)84-60(48-28-12-4-13-29-48)49-30-14-5-15-31-49)56(44-88-65(71)79)61-72-46-78(76-61)69(50-32-16-6-17-33-50,51-34-18-7-19-35-51)52-36-20-8-21-37-52/h4-43,45-47,60,65H,44H2,1-3H3,(H,75,80)(H,73,74,83)/t65-,71-/m0/s1. The second-order valence-corrected chi connectivity index (χ2v) is 25.5. The van der Waals surface area contributed by atoms with E-state index in [0.717, 1.165) is 39.8 Å². The quantitative estimate of drug-likeness (QED) is 0.0140. The number of thiocarbonyl (C=S) groups is 1. The molecule has 2 atom stereocenters. The maximum atomic E-state index is 15.9. The van der Waals surface area contributed by atoms with Crippen molar-refractivity contribution in [3.05, 3.63) is 316 Å². The first-order valence-electron chi connectivity index (χ1n) is 28.7. The predicted octanol–water partition coefficient (Wildman–Crippen LogP) is 13.8. The molecule has 3 amide bonds. The molecule has 2 N–H and O–H groups in total. The molecule has 2 aliphatic heterocycles. The van der Waals surface area contributed by atoms with E-state index in [0.29, 0.717) is 33.4 Å². The number of hydrogen-bond donors (Lipinski definition) is 2. The normalized spacial score (nSPS) is 15.9. The monoisotopic (exact) mass is 1260 g/mol. The summed E-state index contributed by atoms with van der Waals surface area (Å²) in [5.74, 6) is -2.22. The van der Waals surface area contributed by atoms with Crippen molar-refractivity contribution >= 4 is 92.1 Å². The number of nitrogens with zero attached hydrogens (tertiary/aromatic N) is 6. The molecule has 1 saturated heterocycles. The van der Waals surface area contributed by atoms with Gasteiger partial charge in [-0.15, -0.1) is 28.2 Å². The van der Waals surface area contributed by atoms with E-state index in [9.17, 15) is 4.79 Å². The number of ether oxygens (including phenoxy) is 2. The number of benzene rings is 8. The van der Waals surface area contributed by atoms with Crippen molar-refractivity contribution in [3.8, 4) is 0 Å². The number of anilines is 1. The van der Waals surface area contributed by atoms with Crippen LogP contribution in [0.5, 0.6) is 0 Å². The first-order valence-corrected chi connectivity index (χ1v) is 32.0. The molecule has 15 nitrogen and oxygen atoms in total. The van der Waals surface area contributed by atoms with Gasteiger partial charge in [-0.1, -0.05) is 272 Å². The summed E-state index contributed by atoms with van der Waals surface area (Å²) in [4.78, 5) is 76.7. The highest BCUT2D eigenvalue weighted by atomic mass is 32.2. The van der Waals surface area contributed by atoms with Gasteiger partial charge in [-0.05, 0) is 48.6 Å². The lowest BCUT2D eigenvalue weighted by Crippen LogP contribution is -2.78. The van der Waals surface area contributed by atoms with Gasteiger partial charge in [0.25, 0.3) is 11.8 Å². The van der Waals surface area contributed by atoms with Crippen LogP contribution in [0.25, 0.3) is 5.57 Å². The number of carbonyl (C=O) groups is 4. The zero-order chi connectivity index (χ0) is 62.3. The summed E-state index contributed by atoms with van der Waals surface area (Å²) >= 11 is 8.78. The van der Waals surface area contributed by atoms with Crippen molar-refractivity contribution in [1.82, 2.24) is 30.0 Å². The second-order valence-electron chi connectivity index (χ2n) is 22.0. The molecule has 8 aromatic carbocycles. The smallest absolute Gasteiger partial charge is 0.413 e. The molecule has 90 heavy (non-hydrogen) atoms. The second kappa shape index (κ2) is 26.1. The van der Waals surface area contributed by atoms with E-state index in [1.54, 1.807) is 37.2 Å². The summed E-state index contributed by atoms with van der Waals surface area (Å²) < 4.78 is 15.3. The maximum Gasteiger partial charge on any atom is 0.413 e. The van der Waals surface area contributed by atoms with E-state index in [2.05, 4.69) is 15.6 Å². The Kier molecular flexibility index (Phi) is 17.6. The van der Waals surface area contributed by atoms with Crippen LogP contribution >= 0.6 is 47.1 Å². The van der Waals surface area contributed by atoms with Crippen LogP contribution in [0.15, 0.2) is 265 Å². The highest BCUT2D eigenvalue weighted by molar-refractivity contribution is 8.22. The number of thioether (sulfide) groups is 2. The van der Waals surface area contributed by atoms with Crippen LogP contribution in [0, 0.1) is 0 Å². The minimum atomic E-state index is -1.88. The SMILES string of the molecule is CC(C)(C)OC(=O)Nc1nc(C(=NOC(c2ccccc2)(c2ccccc2)c2ccccc2)C(=O)N[C@]2(SC=S)C(=O)N3C(C(=O)OC(c4ccccc4)c4ccccc4)=C(c4ncn(C(c5ccccc5)(c5ccccc5)c5ccccc5)n4)CS[C@H]32)cs1. The van der Waals surface area contributed by atoms with Crippen LogP contribution in [-0.2, 0) is 39.8 Å². The number of thiazole rings is 1. The lowest BCUT2D eigenvalue weighted by Gasteiger charge is -2.56. The summed E-state index contributed by atoms with van der Waals surface area (Å²) in [6, 6.07) is 77.1. The highest BCUT2D eigenvalue weighted by Crippen LogP contribution is 2.53. The number of fused-ring (bicyclic) bond motifs is 1. The van der Waals surface area contributed by atoms with E-state index >= 15 is 14.4 Å². The first-order chi connectivity index (χ1) is 43.8. The van der Waals surface area contributed by atoms with Gasteiger partial charge in [0.2, 0.25) is 10.5 Å². The summed E-state index contributed by atoms with van der Waals surface area (Å²) in [6.45, 7) is 5.21. The largest absolute Gasteiger partial charge is 0.448 e. The Morgan fingerprint density at radius 1 is 0.678 bits per heavy atom. The Labute approximate surface area is 538 Å². The van der Waals surface area contributed by atoms with Crippen LogP contribution in [0.1, 0.15) is 82.9 Å². The van der Waals surface area contributed by atoms with Crippen molar-refractivity contribution < 1.29 is 33.5 Å². The number of β-lactam (4-membered cyclic amide) rings is 1. The fourth-order valence-electron chi connectivity index (χ4n) is 11.3. The summed E-state index contributed by atoms with van der Waals surface area (Å²) in [5.41, 5.74) is 2.54. The third-order valence-electron chi connectivity index (χ3n) is 15.3. The molecule has 0 bridgehead atoms. The molecule has 0 aliphatic carbocycles. The van der Waals surface area contributed by atoms with Crippen molar-refractivity contribution in [1.29, 1.82) is 0 Å². The number of esters is 1. The van der Waals surface area contributed by atoms with Crippen molar-refractivity contribution in [2.24, 2.45) is 5.16 Å². The number of carbonyl (C=O) groups excluding carboxylic acids is 4. The number of hydrogen-bond acceptors (Lipinski definition) is 15. The van der Waals surface area contributed by atoms with E-state index < -0.39 is 57.0 Å². The summed E-state index contributed by atoms with van der Waals surface area (Å²) in [5, 5.41) is 16.4. The van der Waals surface area contributed by atoms with Gasteiger partial charge < -0.3 is 19.6 Å². The lowest BCUT2D eigenvalue weighted by molar-refractivity contribution is -0.155. The minimum Gasteiger partial charge on any atom is -0.448 e. The zero-order valence-corrected chi connectivity index (χ0v) is 52.1. The molecule has 19 heteroatoms. The number of nitrogens with one attached hydrogen (secondary N) is 2. The van der Waals surface area contributed by atoms with Crippen LogP contribution in [0.2, 0.25) is 0 Å². The summed E-state index contributed by atoms with van der Waals surface area (Å²) in [7, 11) is 0. The van der Waals surface area contributed by atoms with Gasteiger partial charge in [0.1, 0.15) is 34.2 Å². The molecule has 2 aliphatic rings. The maximum absolute atomic E-state index is 15.9. The van der Waals surface area contributed by atoms with Gasteiger partial charge in [0.05, 0.1) is 0 Å². The first kappa shape index (κ1) is 60.5. The van der Waals surface area contributed by atoms with Gasteiger partial charge in [0.15, 0.2) is 22.8 Å². The molecule has 0 saturated carbocycles. The summed E-state index contributed by atoms with van der Waals surface area (Å²) in [6.07, 6.45) is -0.0458. The average Bonchev–Trinajstić information content (AvgIpc) is 0.782. The molecule has 10 aromatic rings. The molecule has 4 heterocycles. The predicted molar refractivity (Wildman–Crippen MR) is 356 cm³/mol. The van der Waals surface area contributed by atoms with Crippen LogP contribution < -0.4 is 10.6 Å². The zero-order valence-electron chi connectivity index (χ0n) is 48.9. The van der Waals surface area contributed by atoms with Gasteiger partial charge in [0, 0.05) is 38.1 Å². The fraction of sp³-hybridized carbons (Fsp3) is 0.141. The topological polar surface area (TPSA) is 179 Å². The van der Waals surface area contributed by atoms with Crippen LogP contribution in [-0.4, -0.2) is 80.5 Å². The molecule has 12 rings (SSSR count). The number of amides is 3. The van der Waals surface area contributed by atoms with E-state index in [-0.39, 0.29) is 33.8 Å². The van der Waals surface area contributed by atoms with Crippen molar-refractivity contribution in [3.63, 3.8) is 0 Å². The molecule has 0 radical (unpaired) electrons. The van der Waals surface area contributed by atoms with Gasteiger partial charge >= 0.3 is 12.1 Å². The number of oxime groups is 1. The Bertz CT molecular complexity index is 4020. The number of rotatable bonds is 20. The Balaban J connectivity index is 0.985. The average molecular weight is 1260 g/mol. The Hall–Kier alpha value is -9.79. The third kappa shape index (κ3) is 11.7. The minimum absolute atomic E-state index is 0.00682. The fourth-order valence-corrected chi connectivity index (χ4v) is 14.9. The van der Waals surface area contributed by atoms with E-state index in [1.807, 2.05) is 243 Å². The third-order valence-corrected chi connectivity index (χ3v) is 18.8. The number of aromatic nitrogens is 4. The van der Waals surface area contributed by atoms with Gasteiger partial charge in [-0.3, -0.25) is 19.8 Å². The highest BCUT2D eigenvalue weighted by Gasteiger charge is 2.67. The lowest BCUT2D eigenvalue weighted by atomic mass is 9.77. The molecular formula is C71H58N8O7S4. The van der Waals surface area contributed by atoms with Crippen LogP contribution in [0.3, 0.4) is 0 Å². The van der Waals surface area contributed by atoms with E-state index in [1.165, 1.54) is 21.4 Å². The van der Waals surface area contributed by atoms with E-state index in [4.69, 9.17) is 41.8 Å². The van der Waals surface area contributed by atoms with Crippen molar-refractivity contribution in [2.75, 3.05) is 11.1 Å². The molecular weight excluding hydrogens is 1210 g/mol. The Morgan fingerprint density at radius 3 is 1.59 bits per heavy atom. The molecule has 2 aromatic heterocycles. The molecule has 448 valence electrons. The molecule has 0 spiro atoms. The molecule has 0 unspecified atom stereocenters. The molecule has 1 fully saturated rings.